The lowest BCUT2D eigenvalue weighted by molar-refractivity contribution is -0.115. The highest BCUT2D eigenvalue weighted by atomic mass is 16.2. The number of carbonyl (C=O) groups is 1. The Morgan fingerprint density at radius 1 is 0.960 bits per heavy atom. The zero-order valence-electron chi connectivity index (χ0n) is 14.1. The Kier molecular flexibility index (Phi) is 5.09. The van der Waals surface area contributed by atoms with Gasteiger partial charge in [0, 0.05) is 6.20 Å². The van der Waals surface area contributed by atoms with Crippen molar-refractivity contribution >= 4 is 11.6 Å². The molecule has 25 heavy (non-hydrogen) atoms. The molecular weight excluding hydrogens is 312 g/mol. The molecule has 0 aliphatic rings. The second-order valence-electron chi connectivity index (χ2n) is 6.06. The number of amides is 1. The summed E-state index contributed by atoms with van der Waals surface area (Å²) in [5, 5.41) is 2.75. The van der Waals surface area contributed by atoms with Gasteiger partial charge >= 0.3 is 0 Å². The van der Waals surface area contributed by atoms with E-state index in [1.54, 1.807) is 10.6 Å². The lowest BCUT2D eigenvalue weighted by Crippen LogP contribution is -2.27. The van der Waals surface area contributed by atoms with Crippen LogP contribution < -0.4 is 10.9 Å². The van der Waals surface area contributed by atoms with Crippen LogP contribution in [-0.2, 0) is 17.8 Å². The minimum atomic E-state index is -0.198. The molecule has 1 amide bonds. The Labute approximate surface area is 146 Å². The monoisotopic (exact) mass is 332 g/mol. The number of nitrogens with zero attached hydrogens (tertiary/aromatic N) is 1. The summed E-state index contributed by atoms with van der Waals surface area (Å²) < 4.78 is 1.63. The average molecular weight is 332 g/mol. The maximum Gasteiger partial charge on any atom is 0.274 e. The zero-order valence-corrected chi connectivity index (χ0v) is 14.1. The first kappa shape index (κ1) is 16.7. The van der Waals surface area contributed by atoms with Gasteiger partial charge in [0.15, 0.2) is 0 Å². The highest BCUT2D eigenvalue weighted by Crippen LogP contribution is 2.08. The van der Waals surface area contributed by atoms with Crippen LogP contribution in [0.4, 0.5) is 5.69 Å². The van der Waals surface area contributed by atoms with Crippen molar-refractivity contribution in [3.8, 4) is 0 Å². The summed E-state index contributed by atoms with van der Waals surface area (Å²) in [5.41, 5.74) is 2.99. The Morgan fingerprint density at radius 3 is 2.20 bits per heavy atom. The number of rotatable bonds is 5. The van der Waals surface area contributed by atoms with Crippen LogP contribution in [0.2, 0.25) is 0 Å². The molecule has 0 radical (unpaired) electrons. The maximum absolute atomic E-state index is 12.7. The fourth-order valence-electron chi connectivity index (χ4n) is 2.75. The number of aryl methyl sites for hydroxylation is 1. The lowest BCUT2D eigenvalue weighted by atomic mass is 10.1. The molecule has 0 atom stereocenters. The molecule has 0 aliphatic carbocycles. The summed E-state index contributed by atoms with van der Waals surface area (Å²) in [5.74, 6) is -0.194. The van der Waals surface area contributed by atoms with Crippen LogP contribution in [0.15, 0.2) is 77.7 Å². The van der Waals surface area contributed by atoms with Gasteiger partial charge in [-0.05, 0) is 29.7 Å². The van der Waals surface area contributed by atoms with Gasteiger partial charge in [-0.1, -0.05) is 60.7 Å². The molecule has 0 fully saturated rings. The summed E-state index contributed by atoms with van der Waals surface area (Å²) in [7, 11) is 0. The normalized spacial score (nSPS) is 10.4. The van der Waals surface area contributed by atoms with Crippen molar-refractivity contribution in [2.45, 2.75) is 19.9 Å². The second-order valence-corrected chi connectivity index (χ2v) is 6.06. The van der Waals surface area contributed by atoms with E-state index in [4.69, 9.17) is 0 Å². The van der Waals surface area contributed by atoms with E-state index in [0.717, 1.165) is 16.7 Å². The van der Waals surface area contributed by atoms with E-state index < -0.39 is 0 Å². The Bertz CT molecular complexity index is 916. The molecule has 126 valence electrons. The van der Waals surface area contributed by atoms with Crippen LogP contribution in [-0.4, -0.2) is 10.5 Å². The molecule has 0 saturated heterocycles. The van der Waals surface area contributed by atoms with E-state index in [-0.39, 0.29) is 17.9 Å². The van der Waals surface area contributed by atoms with Crippen molar-refractivity contribution in [3.63, 3.8) is 0 Å². The predicted molar refractivity (Wildman–Crippen MR) is 99.8 cm³/mol. The van der Waals surface area contributed by atoms with Gasteiger partial charge in [0.1, 0.15) is 5.69 Å². The molecule has 4 nitrogen and oxygen atoms in total. The van der Waals surface area contributed by atoms with Gasteiger partial charge in [-0.25, -0.2) is 0 Å². The Morgan fingerprint density at radius 2 is 1.56 bits per heavy atom. The average Bonchev–Trinajstić information content (AvgIpc) is 2.60. The zero-order chi connectivity index (χ0) is 17.6. The standard InChI is InChI=1S/C21H20N2O2/c1-16-12-19(22-20(24)13-17-8-4-2-5-9-17)21(25)23(14-16)15-18-10-6-3-7-11-18/h2-12,14H,13,15H2,1H3,(H,22,24). The number of benzene rings is 2. The van der Waals surface area contributed by atoms with Gasteiger partial charge in [-0.3, -0.25) is 9.59 Å². The molecule has 0 aliphatic heterocycles. The summed E-state index contributed by atoms with van der Waals surface area (Å²) in [6, 6.07) is 21.0. The SMILES string of the molecule is Cc1cc(NC(=O)Cc2ccccc2)c(=O)n(Cc2ccccc2)c1. The molecule has 3 rings (SSSR count). The van der Waals surface area contributed by atoms with E-state index in [0.29, 0.717) is 12.2 Å². The first-order valence-electron chi connectivity index (χ1n) is 8.20. The molecule has 3 aromatic rings. The van der Waals surface area contributed by atoms with Crippen molar-refractivity contribution in [3.05, 3.63) is 100.0 Å². The summed E-state index contributed by atoms with van der Waals surface area (Å²) >= 11 is 0. The highest BCUT2D eigenvalue weighted by molar-refractivity contribution is 5.92. The number of aromatic nitrogens is 1. The second kappa shape index (κ2) is 7.62. The fourth-order valence-corrected chi connectivity index (χ4v) is 2.75. The molecule has 1 heterocycles. The number of hydrogen-bond acceptors (Lipinski definition) is 2. The number of nitrogens with one attached hydrogen (secondary N) is 1. The number of anilines is 1. The minimum absolute atomic E-state index is 0.194. The quantitative estimate of drug-likeness (QED) is 0.779. The summed E-state index contributed by atoms with van der Waals surface area (Å²) in [6.07, 6.45) is 2.05. The van der Waals surface area contributed by atoms with Gasteiger partial charge in [-0.2, -0.15) is 0 Å². The van der Waals surface area contributed by atoms with E-state index in [2.05, 4.69) is 5.32 Å². The highest BCUT2D eigenvalue weighted by Gasteiger charge is 2.10. The predicted octanol–water partition coefficient (Wildman–Crippen LogP) is 3.39. The maximum atomic E-state index is 12.7. The van der Waals surface area contributed by atoms with Crippen molar-refractivity contribution < 1.29 is 4.79 Å². The van der Waals surface area contributed by atoms with Gasteiger partial charge < -0.3 is 9.88 Å². The largest absolute Gasteiger partial charge is 0.321 e. The molecule has 0 unspecified atom stereocenters. The van der Waals surface area contributed by atoms with Crippen LogP contribution >= 0.6 is 0 Å². The van der Waals surface area contributed by atoms with Crippen LogP contribution in [0.25, 0.3) is 0 Å². The van der Waals surface area contributed by atoms with E-state index in [1.807, 2.05) is 73.8 Å². The molecule has 1 aromatic heterocycles. The minimum Gasteiger partial charge on any atom is -0.321 e. The van der Waals surface area contributed by atoms with Crippen molar-refractivity contribution in [1.29, 1.82) is 0 Å². The molecule has 2 aromatic carbocycles. The van der Waals surface area contributed by atoms with Crippen molar-refractivity contribution in [2.75, 3.05) is 5.32 Å². The van der Waals surface area contributed by atoms with Crippen molar-refractivity contribution in [2.24, 2.45) is 0 Å². The van der Waals surface area contributed by atoms with E-state index >= 15 is 0 Å². The third kappa shape index (κ3) is 4.44. The third-order valence-electron chi connectivity index (χ3n) is 3.90. The van der Waals surface area contributed by atoms with Gasteiger partial charge in [-0.15, -0.1) is 0 Å². The van der Waals surface area contributed by atoms with Crippen LogP contribution in [0, 0.1) is 6.92 Å². The summed E-state index contributed by atoms with van der Waals surface area (Å²) in [4.78, 5) is 24.9. The Hall–Kier alpha value is -3.14. The number of hydrogen-bond donors (Lipinski definition) is 1. The first-order valence-corrected chi connectivity index (χ1v) is 8.20. The summed E-state index contributed by atoms with van der Waals surface area (Å²) in [6.45, 7) is 2.39. The van der Waals surface area contributed by atoms with Crippen LogP contribution in [0.3, 0.4) is 0 Å². The van der Waals surface area contributed by atoms with Crippen LogP contribution in [0.1, 0.15) is 16.7 Å². The molecule has 0 spiro atoms. The van der Waals surface area contributed by atoms with Crippen molar-refractivity contribution in [1.82, 2.24) is 4.57 Å². The lowest BCUT2D eigenvalue weighted by Gasteiger charge is -2.11. The van der Waals surface area contributed by atoms with Crippen LogP contribution in [0.5, 0.6) is 0 Å². The van der Waals surface area contributed by atoms with E-state index in [9.17, 15) is 9.59 Å². The smallest absolute Gasteiger partial charge is 0.274 e. The first-order chi connectivity index (χ1) is 12.1. The molecule has 0 saturated carbocycles. The number of pyridine rings is 1. The molecule has 1 N–H and O–H groups in total. The van der Waals surface area contributed by atoms with Gasteiger partial charge in [0.25, 0.3) is 5.56 Å². The molecule has 0 bridgehead atoms. The van der Waals surface area contributed by atoms with Gasteiger partial charge in [0.05, 0.1) is 13.0 Å². The number of carbonyl (C=O) groups excluding carboxylic acids is 1. The van der Waals surface area contributed by atoms with Gasteiger partial charge in [0.2, 0.25) is 5.91 Å². The molecule has 4 heteroatoms. The van der Waals surface area contributed by atoms with E-state index in [1.165, 1.54) is 0 Å². The Balaban J connectivity index is 1.79. The molecular formula is C21H20N2O2. The topological polar surface area (TPSA) is 51.1 Å². The third-order valence-corrected chi connectivity index (χ3v) is 3.90. The fraction of sp³-hybridized carbons (Fsp3) is 0.143.